The summed E-state index contributed by atoms with van der Waals surface area (Å²) in [5.74, 6) is 1.11. The summed E-state index contributed by atoms with van der Waals surface area (Å²) in [5.41, 5.74) is 6.52. The van der Waals surface area contributed by atoms with E-state index in [4.69, 9.17) is 15.7 Å². The Morgan fingerprint density at radius 1 is 0.972 bits per heavy atom. The maximum atomic E-state index is 12.0. The first kappa shape index (κ1) is 24.8. The highest BCUT2D eigenvalue weighted by atomic mass is 32.1. The average Bonchev–Trinajstić information content (AvgIpc) is 3.55. The first-order valence-corrected chi connectivity index (χ1v) is 14.0. The van der Waals surface area contributed by atoms with E-state index in [1.807, 2.05) is 49.4 Å². The Kier molecular flexibility index (Phi) is 7.62. The highest BCUT2D eigenvalue weighted by Gasteiger charge is 2.23. The van der Waals surface area contributed by atoms with Crippen molar-refractivity contribution in [3.63, 3.8) is 0 Å². The van der Waals surface area contributed by atoms with Crippen LogP contribution in [0.15, 0.2) is 53.9 Å². The number of anilines is 1. The van der Waals surface area contributed by atoms with Crippen molar-refractivity contribution >= 4 is 45.3 Å². The zero-order valence-corrected chi connectivity index (χ0v) is 22.3. The lowest BCUT2D eigenvalue weighted by atomic mass is 10.0. The lowest BCUT2D eigenvalue weighted by Crippen LogP contribution is -2.45. The Morgan fingerprint density at radius 3 is 2.42 bits per heavy atom. The smallest absolute Gasteiger partial charge is 0.240 e. The van der Waals surface area contributed by atoms with E-state index in [1.165, 1.54) is 14.6 Å². The van der Waals surface area contributed by atoms with E-state index in [1.54, 1.807) is 11.3 Å². The van der Waals surface area contributed by atoms with Crippen molar-refractivity contribution in [3.05, 3.63) is 64.6 Å². The summed E-state index contributed by atoms with van der Waals surface area (Å²) < 4.78 is 0. The normalized spacial score (nSPS) is 16.0. The Balaban J connectivity index is 1.23. The van der Waals surface area contributed by atoms with Gasteiger partial charge in [0.2, 0.25) is 5.91 Å². The molecule has 3 N–H and O–H groups in total. The van der Waals surface area contributed by atoms with E-state index >= 15 is 0 Å². The summed E-state index contributed by atoms with van der Waals surface area (Å²) in [5, 5.41) is 6.32. The van der Waals surface area contributed by atoms with Gasteiger partial charge in [0.05, 0.1) is 12.1 Å². The molecule has 188 valence electrons. The number of nitrogens with two attached hydrogens (primary N) is 1. The van der Waals surface area contributed by atoms with Crippen LogP contribution in [0.5, 0.6) is 0 Å². The number of nitrogens with zero attached hydrogens (tertiary/aromatic N) is 4. The minimum atomic E-state index is -0.489. The number of thiophene rings is 2. The van der Waals surface area contributed by atoms with Gasteiger partial charge in [0.15, 0.2) is 0 Å². The molecular formula is C27H32N6OS2. The van der Waals surface area contributed by atoms with Gasteiger partial charge in [0.1, 0.15) is 17.7 Å². The highest BCUT2D eigenvalue weighted by Crippen LogP contribution is 2.32. The van der Waals surface area contributed by atoms with Gasteiger partial charge in [-0.3, -0.25) is 14.6 Å². The molecule has 1 saturated heterocycles. The number of hydrogen-bond acceptors (Lipinski definition) is 8. The largest absolute Gasteiger partial charge is 0.368 e. The number of rotatable bonds is 9. The molecule has 7 nitrogen and oxygen atoms in total. The molecule has 5 rings (SSSR count). The van der Waals surface area contributed by atoms with Crippen LogP contribution in [-0.2, 0) is 17.9 Å². The molecule has 0 saturated carbocycles. The third-order valence-electron chi connectivity index (χ3n) is 6.55. The quantitative estimate of drug-likeness (QED) is 0.334. The van der Waals surface area contributed by atoms with Gasteiger partial charge in [0, 0.05) is 52.7 Å². The maximum absolute atomic E-state index is 12.0. The fraction of sp³-hybridized carbons (Fsp3) is 0.370. The van der Waals surface area contributed by atoms with Gasteiger partial charge < -0.3 is 11.1 Å². The topological polar surface area (TPSA) is 87.4 Å². The molecule has 1 unspecified atom stereocenters. The van der Waals surface area contributed by atoms with Crippen molar-refractivity contribution in [1.29, 1.82) is 0 Å². The summed E-state index contributed by atoms with van der Waals surface area (Å²) in [6, 6.07) is 16.2. The molecule has 4 heterocycles. The van der Waals surface area contributed by atoms with E-state index in [0.717, 1.165) is 49.5 Å². The van der Waals surface area contributed by atoms with E-state index in [0.29, 0.717) is 12.4 Å². The Labute approximate surface area is 220 Å². The number of amides is 1. The van der Waals surface area contributed by atoms with E-state index in [9.17, 15) is 4.79 Å². The number of primary amides is 1. The van der Waals surface area contributed by atoms with Crippen LogP contribution in [0.25, 0.3) is 20.7 Å². The standard InChI is InChI=1S/C27H32N6OS2/c1-18(2)25(26(28)34)31-27-20-6-3-4-7-21(20)29-24(30-27)17-33-13-11-32(12-14-33)16-19-9-10-23(36-19)22-8-5-15-35-22/h3-10,15,18,25H,11-14,16-17H2,1-2H3,(H2,28,34)(H,29,30,31). The van der Waals surface area contributed by atoms with Gasteiger partial charge in [0.25, 0.3) is 0 Å². The predicted molar refractivity (Wildman–Crippen MR) is 149 cm³/mol. The van der Waals surface area contributed by atoms with Crippen molar-refractivity contribution in [2.75, 3.05) is 31.5 Å². The third-order valence-corrected chi connectivity index (χ3v) is 8.69. The van der Waals surface area contributed by atoms with Crippen LogP contribution < -0.4 is 11.1 Å². The van der Waals surface area contributed by atoms with Gasteiger partial charge in [-0.05, 0) is 41.6 Å². The van der Waals surface area contributed by atoms with Crippen molar-refractivity contribution in [3.8, 4) is 9.75 Å². The maximum Gasteiger partial charge on any atom is 0.240 e. The number of nitrogens with one attached hydrogen (secondary N) is 1. The summed E-state index contributed by atoms with van der Waals surface area (Å²) in [4.78, 5) is 30.7. The van der Waals surface area contributed by atoms with Crippen molar-refractivity contribution < 1.29 is 4.79 Å². The second kappa shape index (κ2) is 11.0. The van der Waals surface area contributed by atoms with Crippen LogP contribution in [0.4, 0.5) is 5.82 Å². The fourth-order valence-electron chi connectivity index (χ4n) is 4.56. The van der Waals surface area contributed by atoms with Crippen LogP contribution >= 0.6 is 22.7 Å². The number of para-hydroxylation sites is 1. The molecule has 9 heteroatoms. The lowest BCUT2D eigenvalue weighted by molar-refractivity contribution is -0.119. The molecular weight excluding hydrogens is 488 g/mol. The molecule has 1 aliphatic rings. The first-order valence-electron chi connectivity index (χ1n) is 12.3. The van der Waals surface area contributed by atoms with Gasteiger partial charge in [-0.1, -0.05) is 32.0 Å². The summed E-state index contributed by atoms with van der Waals surface area (Å²) in [6.45, 7) is 9.60. The summed E-state index contributed by atoms with van der Waals surface area (Å²) >= 11 is 3.69. The van der Waals surface area contributed by atoms with Crippen LogP contribution in [0.1, 0.15) is 24.5 Å². The molecule has 0 bridgehead atoms. The summed E-state index contributed by atoms with van der Waals surface area (Å²) in [7, 11) is 0. The molecule has 4 aromatic rings. The fourth-order valence-corrected chi connectivity index (χ4v) is 6.44. The van der Waals surface area contributed by atoms with E-state index < -0.39 is 6.04 Å². The van der Waals surface area contributed by atoms with E-state index in [2.05, 4.69) is 44.8 Å². The van der Waals surface area contributed by atoms with Crippen LogP contribution in [0.2, 0.25) is 0 Å². The minimum Gasteiger partial charge on any atom is -0.368 e. The highest BCUT2D eigenvalue weighted by molar-refractivity contribution is 7.21. The second-order valence-corrected chi connectivity index (χ2v) is 11.7. The van der Waals surface area contributed by atoms with Crippen LogP contribution in [-0.4, -0.2) is 57.9 Å². The second-order valence-electron chi connectivity index (χ2n) is 9.57. The van der Waals surface area contributed by atoms with Crippen molar-refractivity contribution in [1.82, 2.24) is 19.8 Å². The SMILES string of the molecule is CC(C)C(Nc1nc(CN2CCN(Cc3ccc(-c4cccs4)s3)CC2)nc2ccccc12)C(N)=O. The minimum absolute atomic E-state index is 0.0532. The van der Waals surface area contributed by atoms with Crippen LogP contribution in [0, 0.1) is 5.92 Å². The number of hydrogen-bond donors (Lipinski definition) is 2. The molecule has 1 fully saturated rings. The van der Waals surface area contributed by atoms with Crippen LogP contribution in [0.3, 0.4) is 0 Å². The van der Waals surface area contributed by atoms with Crippen molar-refractivity contribution in [2.24, 2.45) is 11.7 Å². The molecule has 1 aromatic carbocycles. The van der Waals surface area contributed by atoms with Gasteiger partial charge in [-0.15, -0.1) is 22.7 Å². The van der Waals surface area contributed by atoms with Crippen molar-refractivity contribution in [2.45, 2.75) is 33.0 Å². The zero-order valence-electron chi connectivity index (χ0n) is 20.7. The third kappa shape index (κ3) is 5.75. The number of carbonyl (C=O) groups excluding carboxylic acids is 1. The molecule has 0 spiro atoms. The molecule has 1 amide bonds. The van der Waals surface area contributed by atoms with E-state index in [-0.39, 0.29) is 11.8 Å². The van der Waals surface area contributed by atoms with Gasteiger partial charge in [-0.25, -0.2) is 9.97 Å². The number of carbonyl (C=O) groups is 1. The number of piperazine rings is 1. The average molecular weight is 521 g/mol. The molecule has 36 heavy (non-hydrogen) atoms. The first-order chi connectivity index (χ1) is 17.5. The Morgan fingerprint density at radius 2 is 1.72 bits per heavy atom. The number of aromatic nitrogens is 2. The lowest BCUT2D eigenvalue weighted by Gasteiger charge is -2.34. The predicted octanol–water partition coefficient (Wildman–Crippen LogP) is 4.66. The van der Waals surface area contributed by atoms with Gasteiger partial charge in [-0.2, -0.15) is 0 Å². The Hall–Kier alpha value is -2.85. The number of benzene rings is 1. The Bertz CT molecular complexity index is 1310. The molecule has 1 atom stereocenters. The molecule has 3 aromatic heterocycles. The molecule has 0 aliphatic carbocycles. The van der Waals surface area contributed by atoms with Gasteiger partial charge >= 0.3 is 0 Å². The molecule has 1 aliphatic heterocycles. The number of fused-ring (bicyclic) bond motifs is 1. The monoisotopic (exact) mass is 520 g/mol. The molecule has 0 radical (unpaired) electrons. The zero-order chi connectivity index (χ0) is 25.1. The summed E-state index contributed by atoms with van der Waals surface area (Å²) in [6.07, 6.45) is 0.